The molecule has 1 N–H and O–H groups in total. The minimum Gasteiger partial charge on any atom is -0.497 e. The van der Waals surface area contributed by atoms with Crippen molar-refractivity contribution >= 4 is 10.9 Å². The summed E-state index contributed by atoms with van der Waals surface area (Å²) in [5.41, 5.74) is 2.51. The summed E-state index contributed by atoms with van der Waals surface area (Å²) in [6.07, 6.45) is 2.32. The van der Waals surface area contributed by atoms with Crippen molar-refractivity contribution in [1.82, 2.24) is 14.0 Å². The summed E-state index contributed by atoms with van der Waals surface area (Å²) in [6, 6.07) is 13.6. The van der Waals surface area contributed by atoms with Gasteiger partial charge in [-0.1, -0.05) is 24.3 Å². The number of aromatic nitrogens is 2. The van der Waals surface area contributed by atoms with E-state index in [-0.39, 0.29) is 17.8 Å². The number of benzene rings is 2. The van der Waals surface area contributed by atoms with E-state index in [1.165, 1.54) is 15.7 Å². The Bertz CT molecular complexity index is 1260. The summed E-state index contributed by atoms with van der Waals surface area (Å²) in [5, 5.41) is 11.3. The second kappa shape index (κ2) is 8.56. The monoisotopic (exact) mass is 435 g/mol. The van der Waals surface area contributed by atoms with Crippen LogP contribution in [0.1, 0.15) is 24.0 Å². The molecule has 0 unspecified atom stereocenters. The van der Waals surface area contributed by atoms with Crippen LogP contribution in [0, 0.1) is 5.92 Å². The molecule has 2 aliphatic rings. The van der Waals surface area contributed by atoms with E-state index in [4.69, 9.17) is 4.74 Å². The molecular weight excluding hydrogens is 406 g/mol. The van der Waals surface area contributed by atoms with E-state index in [9.17, 15) is 14.7 Å². The smallest absolute Gasteiger partial charge is 0.331 e. The van der Waals surface area contributed by atoms with Crippen LogP contribution in [0.4, 0.5) is 0 Å². The molecule has 0 radical (unpaired) electrons. The molecule has 5 rings (SSSR count). The van der Waals surface area contributed by atoms with E-state index >= 15 is 0 Å². The Hall–Kier alpha value is -2.90. The molecule has 1 aromatic heterocycles. The number of rotatable bonds is 7. The van der Waals surface area contributed by atoms with Gasteiger partial charge < -0.3 is 9.84 Å². The SMILES string of the molecule is COc1ccc2c(=O)n(C[C@H](O)CN3CCc4ccccc4C3)c(=O)n(CC3CC3)c2c1. The van der Waals surface area contributed by atoms with Gasteiger partial charge in [0.25, 0.3) is 5.56 Å². The number of hydrogen-bond acceptors (Lipinski definition) is 5. The van der Waals surface area contributed by atoms with E-state index in [2.05, 4.69) is 23.1 Å². The molecule has 1 aliphatic carbocycles. The second-order valence-electron chi connectivity index (χ2n) is 9.04. The van der Waals surface area contributed by atoms with Crippen LogP contribution in [-0.4, -0.2) is 45.4 Å². The van der Waals surface area contributed by atoms with Gasteiger partial charge in [0.05, 0.1) is 30.7 Å². The Morgan fingerprint density at radius 3 is 2.59 bits per heavy atom. The standard InChI is InChI=1S/C25H29N3O4/c1-32-21-8-9-22-23(12-21)27(13-17-6-7-17)25(31)28(24(22)30)16-20(29)15-26-11-10-18-4-2-3-5-19(18)14-26/h2-5,8-9,12,17,20,29H,6-7,10-11,13-16H2,1H3/t20-/m1/s1. The first-order valence-electron chi connectivity index (χ1n) is 11.3. The zero-order valence-electron chi connectivity index (χ0n) is 18.4. The van der Waals surface area contributed by atoms with Crippen molar-refractivity contribution in [3.8, 4) is 5.75 Å². The summed E-state index contributed by atoms with van der Waals surface area (Å²) in [4.78, 5) is 28.7. The third-order valence-corrected chi connectivity index (χ3v) is 6.64. The quantitative estimate of drug-likeness (QED) is 0.614. The first-order chi connectivity index (χ1) is 15.5. The Morgan fingerprint density at radius 2 is 1.84 bits per heavy atom. The molecule has 7 heteroatoms. The van der Waals surface area contributed by atoms with Gasteiger partial charge in [0.15, 0.2) is 0 Å². The van der Waals surface area contributed by atoms with Gasteiger partial charge in [-0.25, -0.2) is 4.79 Å². The van der Waals surface area contributed by atoms with Crippen LogP contribution in [0.5, 0.6) is 5.75 Å². The van der Waals surface area contributed by atoms with Crippen molar-refractivity contribution in [1.29, 1.82) is 0 Å². The van der Waals surface area contributed by atoms with Crippen molar-refractivity contribution in [2.75, 3.05) is 20.2 Å². The number of aliphatic hydroxyl groups is 1. The summed E-state index contributed by atoms with van der Waals surface area (Å²) in [6.45, 7) is 2.62. The van der Waals surface area contributed by atoms with Gasteiger partial charge >= 0.3 is 5.69 Å². The predicted molar refractivity (Wildman–Crippen MR) is 123 cm³/mol. The van der Waals surface area contributed by atoms with E-state index in [1.807, 2.05) is 6.07 Å². The van der Waals surface area contributed by atoms with Gasteiger partial charge in [-0.05, 0) is 48.4 Å². The molecule has 3 aromatic rings. The van der Waals surface area contributed by atoms with Gasteiger partial charge in [-0.2, -0.15) is 0 Å². The zero-order chi connectivity index (χ0) is 22.2. The van der Waals surface area contributed by atoms with Crippen molar-refractivity contribution in [3.05, 3.63) is 74.4 Å². The Morgan fingerprint density at radius 1 is 1.06 bits per heavy atom. The van der Waals surface area contributed by atoms with Crippen molar-refractivity contribution < 1.29 is 9.84 Å². The molecular formula is C25H29N3O4. The molecule has 0 spiro atoms. The number of nitrogens with zero attached hydrogens (tertiary/aromatic N) is 3. The number of methoxy groups -OCH3 is 1. The number of β-amino-alcohol motifs (C(OH)–C–C–N with tert-alkyl or cyclic N) is 1. The lowest BCUT2D eigenvalue weighted by Crippen LogP contribution is -2.45. The third kappa shape index (κ3) is 4.10. The zero-order valence-corrected chi connectivity index (χ0v) is 18.4. The maximum atomic E-state index is 13.3. The summed E-state index contributed by atoms with van der Waals surface area (Å²) >= 11 is 0. The van der Waals surface area contributed by atoms with Gasteiger partial charge in [0, 0.05) is 32.2 Å². The number of ether oxygens (including phenoxy) is 1. The molecule has 1 aliphatic heterocycles. The van der Waals surface area contributed by atoms with Crippen molar-refractivity contribution in [2.45, 2.75) is 45.0 Å². The highest BCUT2D eigenvalue weighted by atomic mass is 16.5. The molecule has 1 fully saturated rings. The second-order valence-corrected chi connectivity index (χ2v) is 9.04. The minimum absolute atomic E-state index is 0.0115. The van der Waals surface area contributed by atoms with E-state index < -0.39 is 6.10 Å². The molecule has 7 nitrogen and oxygen atoms in total. The Balaban J connectivity index is 1.42. The maximum Gasteiger partial charge on any atom is 0.331 e. The van der Waals surface area contributed by atoms with Crippen LogP contribution < -0.4 is 16.0 Å². The maximum absolute atomic E-state index is 13.3. The highest BCUT2D eigenvalue weighted by Gasteiger charge is 2.26. The molecule has 0 saturated heterocycles. The lowest BCUT2D eigenvalue weighted by molar-refractivity contribution is 0.0896. The third-order valence-electron chi connectivity index (χ3n) is 6.64. The average Bonchev–Trinajstić information content (AvgIpc) is 3.63. The van der Waals surface area contributed by atoms with Gasteiger partial charge in [-0.3, -0.25) is 18.8 Å². The normalized spacial score (nSPS) is 17.3. The number of hydrogen-bond donors (Lipinski definition) is 1. The molecule has 0 amide bonds. The van der Waals surface area contributed by atoms with Crippen molar-refractivity contribution in [3.63, 3.8) is 0 Å². The fourth-order valence-corrected chi connectivity index (χ4v) is 4.70. The van der Waals surface area contributed by atoms with Crippen molar-refractivity contribution in [2.24, 2.45) is 5.92 Å². The fraction of sp³-hybridized carbons (Fsp3) is 0.440. The molecule has 2 aromatic carbocycles. The van der Waals surface area contributed by atoms with Gasteiger partial charge in [0.2, 0.25) is 0 Å². The molecule has 1 saturated carbocycles. The van der Waals surface area contributed by atoms with Gasteiger partial charge in [-0.15, -0.1) is 0 Å². The van der Waals surface area contributed by atoms with Crippen LogP contribution in [-0.2, 0) is 26.1 Å². The minimum atomic E-state index is -0.810. The lowest BCUT2D eigenvalue weighted by atomic mass is 10.00. The van der Waals surface area contributed by atoms with E-state index in [0.717, 1.165) is 32.4 Å². The molecule has 168 valence electrons. The molecule has 1 atom stereocenters. The summed E-state index contributed by atoms with van der Waals surface area (Å²) in [7, 11) is 1.57. The highest BCUT2D eigenvalue weighted by Crippen LogP contribution is 2.31. The van der Waals surface area contributed by atoms with Crippen LogP contribution in [0.2, 0.25) is 0 Å². The largest absolute Gasteiger partial charge is 0.497 e. The van der Waals surface area contributed by atoms with Crippen LogP contribution >= 0.6 is 0 Å². The summed E-state index contributed by atoms with van der Waals surface area (Å²) in [5.74, 6) is 1.08. The molecule has 2 heterocycles. The average molecular weight is 436 g/mol. The van der Waals surface area contributed by atoms with E-state index in [1.54, 1.807) is 29.9 Å². The Kier molecular flexibility index (Phi) is 5.61. The first-order valence-corrected chi connectivity index (χ1v) is 11.3. The van der Waals surface area contributed by atoms with Crippen LogP contribution in [0.25, 0.3) is 10.9 Å². The number of aliphatic hydroxyl groups excluding tert-OH is 1. The lowest BCUT2D eigenvalue weighted by Gasteiger charge is -2.30. The van der Waals surface area contributed by atoms with E-state index in [0.29, 0.717) is 35.7 Å². The molecule has 0 bridgehead atoms. The Labute approximate surface area is 186 Å². The molecule has 32 heavy (non-hydrogen) atoms. The van der Waals surface area contributed by atoms with Crippen LogP contribution in [0.15, 0.2) is 52.1 Å². The summed E-state index contributed by atoms with van der Waals surface area (Å²) < 4.78 is 8.20. The highest BCUT2D eigenvalue weighted by molar-refractivity contribution is 5.79. The van der Waals surface area contributed by atoms with Crippen LogP contribution in [0.3, 0.4) is 0 Å². The predicted octanol–water partition coefficient (Wildman–Crippen LogP) is 2.00. The van der Waals surface area contributed by atoms with Gasteiger partial charge in [0.1, 0.15) is 5.75 Å². The fourth-order valence-electron chi connectivity index (χ4n) is 4.70. The topological polar surface area (TPSA) is 76.7 Å². The number of fused-ring (bicyclic) bond motifs is 2. The first kappa shape index (κ1) is 21.0.